The highest BCUT2D eigenvalue weighted by atomic mass is 32.1. The van der Waals surface area contributed by atoms with Crippen LogP contribution in [0.3, 0.4) is 0 Å². The zero-order chi connectivity index (χ0) is 26.1. The molecule has 10 heteroatoms. The fourth-order valence-electron chi connectivity index (χ4n) is 4.77. The number of aromatic nitrogens is 2. The molecule has 0 spiro atoms. The van der Waals surface area contributed by atoms with Crippen molar-refractivity contribution in [1.29, 1.82) is 0 Å². The van der Waals surface area contributed by atoms with Gasteiger partial charge < -0.3 is 4.74 Å². The number of thiophene rings is 2. The van der Waals surface area contributed by atoms with Gasteiger partial charge in [0.2, 0.25) is 0 Å². The summed E-state index contributed by atoms with van der Waals surface area (Å²) in [5.74, 6) is 0.853. The summed E-state index contributed by atoms with van der Waals surface area (Å²) >= 11 is 3.12. The van der Waals surface area contributed by atoms with E-state index in [9.17, 15) is 9.59 Å². The molecule has 4 aromatic rings. The molecule has 0 atom stereocenters. The molecule has 2 aliphatic heterocycles. The van der Waals surface area contributed by atoms with E-state index < -0.39 is 5.91 Å². The van der Waals surface area contributed by atoms with Gasteiger partial charge in [0.15, 0.2) is 11.6 Å². The Balaban J connectivity index is 1.32. The van der Waals surface area contributed by atoms with Gasteiger partial charge in [-0.05, 0) is 56.4 Å². The zero-order valence-corrected chi connectivity index (χ0v) is 22.6. The second-order valence-corrected chi connectivity index (χ2v) is 11.2. The molecule has 1 saturated heterocycles. The molecule has 0 aliphatic carbocycles. The number of ether oxygens (including phenoxy) is 1. The van der Waals surface area contributed by atoms with Crippen molar-refractivity contribution in [3.05, 3.63) is 58.8 Å². The number of hydrazine groups is 1. The first-order valence-electron chi connectivity index (χ1n) is 12.7. The molecule has 0 bridgehead atoms. The Morgan fingerprint density at radius 2 is 1.92 bits per heavy atom. The lowest BCUT2D eigenvalue weighted by Gasteiger charge is -2.26. The molecular formula is C28H27N5O3S2. The average molecular weight is 546 g/mol. The lowest BCUT2D eigenvalue weighted by molar-refractivity contribution is -0.135. The molecule has 0 radical (unpaired) electrons. The Bertz CT molecular complexity index is 1520. The number of hydrogen-bond donors (Lipinski definition) is 1. The van der Waals surface area contributed by atoms with Crippen LogP contribution in [0.15, 0.2) is 58.8 Å². The van der Waals surface area contributed by atoms with Gasteiger partial charge in [-0.3, -0.25) is 19.9 Å². The molecule has 3 aromatic heterocycles. The molecule has 1 aromatic carbocycles. The van der Waals surface area contributed by atoms with Crippen LogP contribution < -0.4 is 10.2 Å². The van der Waals surface area contributed by atoms with Crippen molar-refractivity contribution < 1.29 is 14.3 Å². The smallest absolute Gasteiger partial charge is 0.275 e. The van der Waals surface area contributed by atoms with Crippen molar-refractivity contribution >= 4 is 50.5 Å². The van der Waals surface area contributed by atoms with E-state index >= 15 is 0 Å². The second kappa shape index (κ2) is 10.6. The highest BCUT2D eigenvalue weighted by molar-refractivity contribution is 7.18. The van der Waals surface area contributed by atoms with Gasteiger partial charge in [0.1, 0.15) is 17.2 Å². The fraction of sp³-hybridized carbons (Fsp3) is 0.286. The van der Waals surface area contributed by atoms with Gasteiger partial charge >= 0.3 is 0 Å². The molecule has 2 amide bonds. The molecule has 8 nitrogen and oxygen atoms in total. The number of nitrogens with zero attached hydrogens (tertiary/aromatic N) is 4. The second-order valence-electron chi connectivity index (χ2n) is 9.40. The normalized spacial score (nSPS) is 16.3. The molecule has 194 valence electrons. The number of carbonyl (C=O) groups is 2. The van der Waals surface area contributed by atoms with Crippen molar-refractivity contribution in [1.82, 2.24) is 19.9 Å². The van der Waals surface area contributed by atoms with Gasteiger partial charge in [-0.2, -0.15) is 5.01 Å². The summed E-state index contributed by atoms with van der Waals surface area (Å²) in [7, 11) is 0. The predicted molar refractivity (Wildman–Crippen MR) is 151 cm³/mol. The minimum Gasteiger partial charge on any atom is -0.492 e. The number of benzene rings is 1. The average Bonchev–Trinajstić information content (AvgIpc) is 3.66. The van der Waals surface area contributed by atoms with Crippen LogP contribution in [-0.4, -0.2) is 57.9 Å². The van der Waals surface area contributed by atoms with Crippen LogP contribution in [-0.2, 0) is 9.59 Å². The van der Waals surface area contributed by atoms with E-state index in [1.54, 1.807) is 18.3 Å². The van der Waals surface area contributed by atoms with Crippen molar-refractivity contribution in [3.8, 4) is 27.6 Å². The molecule has 1 fully saturated rings. The van der Waals surface area contributed by atoms with Gasteiger partial charge in [-0.25, -0.2) is 9.97 Å². The summed E-state index contributed by atoms with van der Waals surface area (Å²) < 4.78 is 6.08. The number of imide groups is 1. The fourth-order valence-corrected chi connectivity index (χ4v) is 6.53. The maximum Gasteiger partial charge on any atom is 0.275 e. The Hall–Kier alpha value is -3.60. The van der Waals surface area contributed by atoms with E-state index in [0.29, 0.717) is 23.8 Å². The SMILES string of the molecule is CC1=CC(=O)N(Nc2nc(-c3cccc(OCCN4CCCCC4)c3)nc3scc(-c4cccs4)c23)C1=O. The van der Waals surface area contributed by atoms with E-state index in [1.165, 1.54) is 36.7 Å². The Morgan fingerprint density at radius 3 is 2.68 bits per heavy atom. The molecule has 1 N–H and O–H groups in total. The van der Waals surface area contributed by atoms with Gasteiger partial charge in [0, 0.05) is 39.6 Å². The minimum atomic E-state index is -0.419. The van der Waals surface area contributed by atoms with Crippen LogP contribution in [0.5, 0.6) is 5.75 Å². The van der Waals surface area contributed by atoms with Crippen LogP contribution in [0.1, 0.15) is 26.2 Å². The number of carbonyl (C=O) groups excluding carboxylic acids is 2. The summed E-state index contributed by atoms with van der Waals surface area (Å²) in [5.41, 5.74) is 5.15. The zero-order valence-electron chi connectivity index (χ0n) is 21.0. The number of likely N-dealkylation sites (tertiary alicyclic amines) is 1. The molecule has 38 heavy (non-hydrogen) atoms. The first kappa shape index (κ1) is 24.7. The van der Waals surface area contributed by atoms with E-state index in [4.69, 9.17) is 14.7 Å². The summed E-state index contributed by atoms with van der Waals surface area (Å²) in [6.07, 6.45) is 5.16. The minimum absolute atomic E-state index is 0.381. The van der Waals surface area contributed by atoms with Crippen molar-refractivity contribution in [2.75, 3.05) is 31.7 Å². The summed E-state index contributed by atoms with van der Waals surface area (Å²) in [6.45, 7) is 5.43. The maximum absolute atomic E-state index is 12.6. The van der Waals surface area contributed by atoms with Crippen molar-refractivity contribution in [2.24, 2.45) is 0 Å². The lowest BCUT2D eigenvalue weighted by atomic mass is 10.1. The number of hydrogen-bond acceptors (Lipinski definition) is 9. The van der Waals surface area contributed by atoms with Crippen LogP contribution in [0.2, 0.25) is 0 Å². The van der Waals surface area contributed by atoms with Gasteiger partial charge in [-0.15, -0.1) is 22.7 Å². The van der Waals surface area contributed by atoms with Crippen LogP contribution >= 0.6 is 22.7 Å². The predicted octanol–water partition coefficient (Wildman–Crippen LogP) is 5.59. The third-order valence-corrected chi connectivity index (χ3v) is 8.53. The Morgan fingerprint density at radius 1 is 1.05 bits per heavy atom. The quantitative estimate of drug-likeness (QED) is 0.289. The highest BCUT2D eigenvalue weighted by Crippen LogP contribution is 2.40. The third-order valence-electron chi connectivity index (χ3n) is 6.76. The number of piperidine rings is 1. The first-order valence-corrected chi connectivity index (χ1v) is 14.4. The standard InChI is InChI=1S/C28H27N5O3S2/c1-18-15-23(34)33(28(18)35)31-26-24-21(22-9-6-14-37-22)17-38-27(24)30-25(29-26)19-7-5-8-20(16-19)36-13-12-32-10-3-2-4-11-32/h5-9,14-17H,2-4,10-13H2,1H3,(H,29,30,31). The molecule has 2 aliphatic rings. The topological polar surface area (TPSA) is 87.7 Å². The number of anilines is 1. The largest absolute Gasteiger partial charge is 0.492 e. The van der Waals surface area contributed by atoms with E-state index in [2.05, 4.69) is 10.3 Å². The summed E-state index contributed by atoms with van der Waals surface area (Å²) in [4.78, 5) is 39.1. The molecule has 5 heterocycles. The van der Waals surface area contributed by atoms with Crippen molar-refractivity contribution in [3.63, 3.8) is 0 Å². The third kappa shape index (κ3) is 4.94. The van der Waals surface area contributed by atoms with E-state index in [0.717, 1.165) is 56.6 Å². The molecular weight excluding hydrogens is 518 g/mol. The number of amides is 2. The van der Waals surface area contributed by atoms with E-state index in [1.807, 2.05) is 47.2 Å². The molecule has 6 rings (SSSR count). The number of nitrogens with one attached hydrogen (secondary N) is 1. The monoisotopic (exact) mass is 545 g/mol. The van der Waals surface area contributed by atoms with Crippen LogP contribution in [0, 0.1) is 0 Å². The molecule has 0 saturated carbocycles. The number of rotatable bonds is 8. The summed E-state index contributed by atoms with van der Waals surface area (Å²) in [6, 6.07) is 11.8. The number of fused-ring (bicyclic) bond motifs is 1. The van der Waals surface area contributed by atoms with Crippen LogP contribution in [0.25, 0.3) is 32.0 Å². The Kier molecular flexibility index (Phi) is 6.92. The van der Waals surface area contributed by atoms with Crippen LogP contribution in [0.4, 0.5) is 5.82 Å². The van der Waals surface area contributed by atoms with Gasteiger partial charge in [0.25, 0.3) is 11.8 Å². The lowest BCUT2D eigenvalue weighted by Crippen LogP contribution is -2.36. The highest BCUT2D eigenvalue weighted by Gasteiger charge is 2.30. The first-order chi connectivity index (χ1) is 18.6. The molecule has 0 unspecified atom stereocenters. The summed E-state index contributed by atoms with van der Waals surface area (Å²) in [5, 5.41) is 5.84. The van der Waals surface area contributed by atoms with E-state index in [-0.39, 0.29) is 5.91 Å². The Labute approximate surface area is 228 Å². The maximum atomic E-state index is 12.6. The van der Waals surface area contributed by atoms with Gasteiger partial charge in [-0.1, -0.05) is 24.6 Å². The van der Waals surface area contributed by atoms with Gasteiger partial charge in [0.05, 0.1) is 5.39 Å². The van der Waals surface area contributed by atoms with Crippen molar-refractivity contribution in [2.45, 2.75) is 26.2 Å².